The summed E-state index contributed by atoms with van der Waals surface area (Å²) < 4.78 is 33.9. The molecule has 0 radical (unpaired) electrons. The van der Waals surface area contributed by atoms with Crippen LogP contribution >= 0.6 is 0 Å². The van der Waals surface area contributed by atoms with Gasteiger partial charge in [-0.3, -0.25) is 4.79 Å². The predicted octanol–water partition coefficient (Wildman–Crippen LogP) is -1.09. The van der Waals surface area contributed by atoms with Gasteiger partial charge < -0.3 is 69.0 Å². The molecular weight excluding hydrogens is 576 g/mol. The molecule has 2 aliphatic rings. The van der Waals surface area contributed by atoms with Crippen molar-refractivity contribution < 1.29 is 69.0 Å². The first-order valence-electron chi connectivity index (χ1n) is 13.3. The van der Waals surface area contributed by atoms with E-state index < -0.39 is 79.2 Å². The van der Waals surface area contributed by atoms with Crippen LogP contribution in [0, 0.1) is 0 Å². The Bertz CT molecular complexity index is 1490. The number of aromatic hydroxyl groups is 2. The normalized spacial score (nSPS) is 32.9. The first-order chi connectivity index (χ1) is 20.4. The molecule has 43 heavy (non-hydrogen) atoms. The van der Waals surface area contributed by atoms with E-state index in [1.165, 1.54) is 44.4 Å². The van der Waals surface area contributed by atoms with Gasteiger partial charge in [0.05, 0.1) is 19.8 Å². The van der Waals surface area contributed by atoms with E-state index in [0.717, 1.165) is 6.07 Å². The molecule has 0 amide bonds. The Balaban J connectivity index is 1.54. The Morgan fingerprint density at radius 1 is 0.860 bits per heavy atom. The molecule has 0 saturated carbocycles. The molecular formula is C28H32O15. The zero-order chi connectivity index (χ0) is 31.2. The SMILES string of the molecule is COc1c(O[C@@H]2O[C@H](CO)[C@@H](O)[C@H](O)[C@H]2O[C@@H]2O[C@@H](C)[C@H](O)[C@H](O)[C@H]2O)cc2oc(-c3ccc(O)cc3)cc(=O)c2c1O. The smallest absolute Gasteiger partial charge is 0.229 e. The minimum Gasteiger partial charge on any atom is -0.508 e. The number of hydrogen-bond donors (Lipinski definition) is 8. The molecule has 2 fully saturated rings. The van der Waals surface area contributed by atoms with Crippen molar-refractivity contribution in [2.45, 2.75) is 68.3 Å². The van der Waals surface area contributed by atoms with Crippen molar-refractivity contribution in [2.75, 3.05) is 13.7 Å². The Kier molecular flexibility index (Phi) is 8.80. The van der Waals surface area contributed by atoms with Gasteiger partial charge in [-0.05, 0) is 31.2 Å². The lowest BCUT2D eigenvalue weighted by Gasteiger charge is -2.45. The van der Waals surface area contributed by atoms with Crippen LogP contribution in [0.3, 0.4) is 0 Å². The molecule has 2 aliphatic heterocycles. The van der Waals surface area contributed by atoms with Crippen molar-refractivity contribution in [3.05, 3.63) is 46.6 Å². The van der Waals surface area contributed by atoms with Crippen molar-refractivity contribution in [1.29, 1.82) is 0 Å². The monoisotopic (exact) mass is 608 g/mol. The third-order valence-electron chi connectivity index (χ3n) is 7.44. The maximum atomic E-state index is 13.0. The van der Waals surface area contributed by atoms with Crippen LogP contribution in [0.1, 0.15) is 6.92 Å². The summed E-state index contributed by atoms with van der Waals surface area (Å²) in [5.74, 6) is -1.16. The maximum Gasteiger partial charge on any atom is 0.229 e. The lowest BCUT2D eigenvalue weighted by Crippen LogP contribution is -2.64. The first-order valence-corrected chi connectivity index (χ1v) is 13.3. The van der Waals surface area contributed by atoms with E-state index in [-0.39, 0.29) is 34.0 Å². The summed E-state index contributed by atoms with van der Waals surface area (Å²) in [4.78, 5) is 13.0. The molecule has 10 atom stereocenters. The van der Waals surface area contributed by atoms with E-state index in [1.54, 1.807) is 0 Å². The van der Waals surface area contributed by atoms with Crippen molar-refractivity contribution in [3.63, 3.8) is 0 Å². The highest BCUT2D eigenvalue weighted by atomic mass is 16.8. The van der Waals surface area contributed by atoms with Crippen LogP contribution in [-0.4, -0.2) is 116 Å². The quantitative estimate of drug-likeness (QED) is 0.159. The average Bonchev–Trinajstić information content (AvgIpc) is 2.98. The summed E-state index contributed by atoms with van der Waals surface area (Å²) in [6.07, 6.45) is -15.7. The fraction of sp³-hybridized carbons (Fsp3) is 0.464. The number of phenolic OH excluding ortho intramolecular Hbond substituents is 2. The van der Waals surface area contributed by atoms with Crippen molar-refractivity contribution >= 4 is 11.0 Å². The van der Waals surface area contributed by atoms with Gasteiger partial charge in [0.15, 0.2) is 29.3 Å². The van der Waals surface area contributed by atoms with Gasteiger partial charge in [-0.1, -0.05) is 0 Å². The molecule has 5 rings (SSSR count). The van der Waals surface area contributed by atoms with E-state index in [4.69, 9.17) is 28.1 Å². The van der Waals surface area contributed by atoms with Gasteiger partial charge in [0, 0.05) is 17.7 Å². The second kappa shape index (κ2) is 12.2. The van der Waals surface area contributed by atoms with Gasteiger partial charge in [0.2, 0.25) is 12.0 Å². The Morgan fingerprint density at radius 2 is 1.56 bits per heavy atom. The molecule has 3 aromatic rings. The number of ether oxygens (including phenoxy) is 5. The third-order valence-corrected chi connectivity index (χ3v) is 7.44. The number of rotatable bonds is 7. The zero-order valence-corrected chi connectivity index (χ0v) is 22.9. The number of methoxy groups -OCH3 is 1. The summed E-state index contributed by atoms with van der Waals surface area (Å²) in [5.41, 5.74) is -0.332. The number of hydrogen-bond acceptors (Lipinski definition) is 15. The van der Waals surface area contributed by atoms with Crippen molar-refractivity contribution in [3.8, 4) is 34.3 Å². The van der Waals surface area contributed by atoms with Gasteiger partial charge >= 0.3 is 0 Å². The number of fused-ring (bicyclic) bond motifs is 1. The second-order valence-electron chi connectivity index (χ2n) is 10.3. The molecule has 0 spiro atoms. The van der Waals surface area contributed by atoms with Crippen LogP contribution in [0.2, 0.25) is 0 Å². The standard InChI is InChI=1S/C28H32O15/c1-10-19(32)22(35)24(37)27(39-10)43-26-23(36)20(33)17(9-29)42-28(26)41-16-8-15-18(21(34)25(16)38-2)13(31)7-14(40-15)11-3-5-12(30)6-4-11/h3-8,10,17,19-20,22-24,26-30,32-37H,9H2,1-2H3/t10-,17+,19-,20+,22-,23-,24+,26+,27-,28+/m0/s1. The molecule has 234 valence electrons. The zero-order valence-electron chi connectivity index (χ0n) is 22.9. The summed E-state index contributed by atoms with van der Waals surface area (Å²) >= 11 is 0. The summed E-state index contributed by atoms with van der Waals surface area (Å²) in [7, 11) is 1.19. The van der Waals surface area contributed by atoms with Crippen LogP contribution in [0.25, 0.3) is 22.3 Å². The topological polar surface area (TPSA) is 238 Å². The number of benzene rings is 2. The van der Waals surface area contributed by atoms with Crippen molar-refractivity contribution in [2.24, 2.45) is 0 Å². The lowest BCUT2D eigenvalue weighted by molar-refractivity contribution is -0.354. The van der Waals surface area contributed by atoms with Gasteiger partial charge in [0.1, 0.15) is 59.1 Å². The summed E-state index contributed by atoms with van der Waals surface area (Å²) in [6.45, 7) is 0.664. The van der Waals surface area contributed by atoms with E-state index in [2.05, 4.69) is 0 Å². The largest absolute Gasteiger partial charge is 0.508 e. The maximum absolute atomic E-state index is 13.0. The molecule has 15 nitrogen and oxygen atoms in total. The fourth-order valence-electron chi connectivity index (χ4n) is 5.02. The molecule has 1 aromatic heterocycles. The van der Waals surface area contributed by atoms with Gasteiger partial charge in [0.25, 0.3) is 0 Å². The molecule has 15 heteroatoms. The Hall–Kier alpha value is -3.51. The molecule has 2 saturated heterocycles. The highest BCUT2D eigenvalue weighted by molar-refractivity contribution is 5.89. The van der Waals surface area contributed by atoms with Crippen molar-refractivity contribution in [1.82, 2.24) is 0 Å². The highest BCUT2D eigenvalue weighted by Crippen LogP contribution is 2.44. The molecule has 3 heterocycles. The van der Waals surface area contributed by atoms with Crippen LogP contribution in [0.15, 0.2) is 45.6 Å². The number of aliphatic hydroxyl groups excluding tert-OH is 6. The first kappa shape index (κ1) is 30.9. The Morgan fingerprint density at radius 3 is 2.21 bits per heavy atom. The predicted molar refractivity (Wildman–Crippen MR) is 143 cm³/mol. The second-order valence-corrected chi connectivity index (χ2v) is 10.3. The van der Waals surface area contributed by atoms with Gasteiger partial charge in [-0.15, -0.1) is 0 Å². The van der Waals surface area contributed by atoms with Crippen LogP contribution < -0.4 is 14.9 Å². The van der Waals surface area contributed by atoms with Crippen LogP contribution in [0.4, 0.5) is 0 Å². The van der Waals surface area contributed by atoms with Crippen LogP contribution in [-0.2, 0) is 14.2 Å². The molecule has 0 bridgehead atoms. The summed E-state index contributed by atoms with van der Waals surface area (Å²) in [6, 6.07) is 8.17. The van der Waals surface area contributed by atoms with E-state index in [0.29, 0.717) is 5.56 Å². The lowest BCUT2D eigenvalue weighted by atomic mass is 9.97. The number of phenols is 2. The third kappa shape index (κ3) is 5.74. The van der Waals surface area contributed by atoms with Gasteiger partial charge in [-0.2, -0.15) is 0 Å². The van der Waals surface area contributed by atoms with E-state index in [9.17, 15) is 45.6 Å². The molecule has 2 aromatic carbocycles. The summed E-state index contributed by atoms with van der Waals surface area (Å²) in [5, 5.41) is 82.1. The minimum atomic E-state index is -1.80. The minimum absolute atomic E-state index is 0.00557. The van der Waals surface area contributed by atoms with E-state index in [1.807, 2.05) is 0 Å². The highest BCUT2D eigenvalue weighted by Gasteiger charge is 2.51. The molecule has 0 unspecified atom stereocenters. The average molecular weight is 609 g/mol. The van der Waals surface area contributed by atoms with Gasteiger partial charge in [-0.25, -0.2) is 0 Å². The molecule has 0 aliphatic carbocycles. The van der Waals surface area contributed by atoms with E-state index >= 15 is 0 Å². The number of aliphatic hydroxyl groups is 6. The van der Waals surface area contributed by atoms with Crippen LogP contribution in [0.5, 0.6) is 23.0 Å². The molecule has 8 N–H and O–H groups in total. The Labute approximate surface area is 243 Å². The fourth-order valence-corrected chi connectivity index (χ4v) is 5.02.